The first-order valence-electron chi connectivity index (χ1n) is 1.54. The molecule has 0 heterocycles. The van der Waals surface area contributed by atoms with E-state index in [1.54, 1.807) is 0 Å². The number of rotatable bonds is 2. The van der Waals surface area contributed by atoms with Crippen LogP contribution in [0.2, 0.25) is 0 Å². The van der Waals surface area contributed by atoms with Crippen molar-refractivity contribution in [2.75, 3.05) is 0 Å². The second-order valence-corrected chi connectivity index (χ2v) is 1.92. The Hall–Kier alpha value is 1.54. The average Bonchev–Trinajstić information content (AvgIpc) is 1.64. The van der Waals surface area contributed by atoms with Gasteiger partial charge in [0.1, 0.15) is 0 Å². The molecule has 0 aliphatic carbocycles. The molecule has 2 atom stereocenters. The van der Waals surface area contributed by atoms with Crippen LogP contribution in [-0.4, -0.2) is 30.4 Å². The van der Waals surface area contributed by atoms with E-state index in [0.717, 1.165) is 0 Å². The van der Waals surface area contributed by atoms with Crippen LogP contribution >= 0.6 is 0 Å². The summed E-state index contributed by atoms with van der Waals surface area (Å²) in [6.45, 7) is 0. The fourth-order valence-electron chi connectivity index (χ4n) is 0.0823. The smallest absolute Gasteiger partial charge is 1.00 e. The first-order chi connectivity index (χ1) is 3.55. The number of hydrogen-bond donors (Lipinski definition) is 2. The molecule has 0 rings (SSSR count). The van der Waals surface area contributed by atoms with Crippen LogP contribution in [0, 0.1) is 0 Å². The van der Waals surface area contributed by atoms with Crippen LogP contribution in [0.4, 0.5) is 0 Å². The van der Waals surface area contributed by atoms with Crippen molar-refractivity contribution in [1.29, 1.82) is 0 Å². The fourth-order valence-corrected chi connectivity index (χ4v) is 0.247. The molecule has 0 aromatic carbocycles. The Morgan fingerprint density at radius 3 is 1.90 bits per heavy atom. The van der Waals surface area contributed by atoms with Crippen molar-refractivity contribution in [3.05, 3.63) is 0 Å². The second-order valence-electron chi connectivity index (χ2n) is 0.951. The van der Waals surface area contributed by atoms with Crippen molar-refractivity contribution in [3.63, 3.8) is 0 Å². The minimum absolute atomic E-state index is 0. The molecule has 0 aliphatic heterocycles. The molecule has 0 aliphatic rings. The summed E-state index contributed by atoms with van der Waals surface area (Å²) < 4.78 is 19.0. The second kappa shape index (κ2) is 8.63. The number of carbonyl (C=O) groups is 1. The largest absolute Gasteiger partial charge is 1.00 e. The zero-order chi connectivity index (χ0) is 6.73. The molecular weight excluding hydrogens is 182 g/mol. The molecule has 0 spiro atoms. The van der Waals surface area contributed by atoms with Crippen molar-refractivity contribution in [2.24, 2.45) is 0 Å². The third-order valence-electron chi connectivity index (χ3n) is 0.394. The van der Waals surface area contributed by atoms with Gasteiger partial charge in [-0.3, -0.25) is 4.21 Å². The number of aliphatic hydroxyl groups is 1. The van der Waals surface area contributed by atoms with Gasteiger partial charge in [-0.25, -0.2) is 4.79 Å². The number of carboxylic acid groups (broad SMARTS) is 1. The summed E-state index contributed by atoms with van der Waals surface area (Å²) in [5.74, 6) is -1.77. The molecule has 0 aromatic rings. The standard InChI is InChI=1S/C2H4O5S.2Na.2H/c3-1(4)2(5)8(6)7;;;;/h2,5H,(H,3,4)(H,6,7);;;;/q;2*+1;2*-1/p-1. The maximum Gasteiger partial charge on any atom is 1.00 e. The molecular formula is C2H5Na2O5S-. The van der Waals surface area contributed by atoms with Crippen LogP contribution in [0.15, 0.2) is 0 Å². The Balaban J connectivity index is -0.0000000408. The van der Waals surface area contributed by atoms with Crippen molar-refractivity contribution in [1.82, 2.24) is 0 Å². The van der Waals surface area contributed by atoms with Gasteiger partial charge in [0, 0.05) is 0 Å². The van der Waals surface area contributed by atoms with Crippen molar-refractivity contribution in [2.45, 2.75) is 5.44 Å². The predicted octanol–water partition coefficient (Wildman–Crippen LogP) is -7.50. The van der Waals surface area contributed by atoms with Crippen LogP contribution in [0.1, 0.15) is 2.85 Å². The average molecular weight is 187 g/mol. The van der Waals surface area contributed by atoms with Crippen molar-refractivity contribution in [3.8, 4) is 0 Å². The number of aliphatic hydroxyl groups excluding tert-OH is 1. The summed E-state index contributed by atoms with van der Waals surface area (Å²) in [5, 5.41) is 15.7. The molecule has 0 bridgehead atoms. The molecule has 8 heteroatoms. The van der Waals surface area contributed by atoms with Gasteiger partial charge in [0.15, 0.2) is 0 Å². The van der Waals surface area contributed by atoms with Crippen LogP contribution in [0.5, 0.6) is 0 Å². The molecule has 2 N–H and O–H groups in total. The quantitative estimate of drug-likeness (QED) is 0.330. The first-order valence-corrected chi connectivity index (χ1v) is 2.68. The minimum atomic E-state index is -2.93. The van der Waals surface area contributed by atoms with Gasteiger partial charge in [-0.05, 0) is 11.1 Å². The minimum Gasteiger partial charge on any atom is -1.00 e. The summed E-state index contributed by atoms with van der Waals surface area (Å²) >= 11 is -2.93. The van der Waals surface area contributed by atoms with Gasteiger partial charge in [-0.2, -0.15) is 0 Å². The van der Waals surface area contributed by atoms with Crippen LogP contribution in [0.3, 0.4) is 0 Å². The summed E-state index contributed by atoms with van der Waals surface area (Å²) in [4.78, 5) is 9.50. The maximum absolute atomic E-state index is 9.51. The molecule has 2 unspecified atom stereocenters. The van der Waals surface area contributed by atoms with Crippen molar-refractivity contribution < 1.29 is 85.7 Å². The van der Waals surface area contributed by atoms with Gasteiger partial charge in [0.2, 0.25) is 5.44 Å². The zero-order valence-corrected chi connectivity index (χ0v) is 10.4. The van der Waals surface area contributed by atoms with Gasteiger partial charge in [0.25, 0.3) is 0 Å². The van der Waals surface area contributed by atoms with Crippen molar-refractivity contribution >= 4 is 17.0 Å². The van der Waals surface area contributed by atoms with Gasteiger partial charge in [-0.15, -0.1) is 0 Å². The Bertz CT molecular complexity index is 121. The SMILES string of the molecule is O=C(O)C(O)S(=O)[O-].[H-].[H-].[Na+].[Na+]. The summed E-state index contributed by atoms with van der Waals surface area (Å²) in [6.07, 6.45) is 0. The molecule has 0 radical (unpaired) electrons. The van der Waals surface area contributed by atoms with Crippen LogP contribution in [0.25, 0.3) is 0 Å². The Morgan fingerprint density at radius 2 is 1.90 bits per heavy atom. The normalized spacial score (nSPS) is 13.8. The topological polar surface area (TPSA) is 97.7 Å². The van der Waals surface area contributed by atoms with E-state index < -0.39 is 22.5 Å². The Kier molecular flexibility index (Phi) is 15.2. The van der Waals surface area contributed by atoms with E-state index in [1.165, 1.54) is 0 Å². The summed E-state index contributed by atoms with van der Waals surface area (Å²) in [5.41, 5.74) is -2.30. The molecule has 0 aromatic heterocycles. The molecule has 5 nitrogen and oxygen atoms in total. The van der Waals surface area contributed by atoms with Gasteiger partial charge < -0.3 is 17.6 Å². The monoisotopic (exact) mass is 187 g/mol. The summed E-state index contributed by atoms with van der Waals surface area (Å²) in [6, 6.07) is 0. The van der Waals surface area contributed by atoms with Gasteiger partial charge in [-0.1, -0.05) is 0 Å². The van der Waals surface area contributed by atoms with E-state index in [1.807, 2.05) is 0 Å². The van der Waals surface area contributed by atoms with Gasteiger partial charge in [0.05, 0.1) is 0 Å². The molecule has 0 saturated heterocycles. The summed E-state index contributed by atoms with van der Waals surface area (Å²) in [7, 11) is 0. The predicted molar refractivity (Wildman–Crippen MR) is 24.8 cm³/mol. The maximum atomic E-state index is 9.51. The van der Waals surface area contributed by atoms with E-state index in [0.29, 0.717) is 0 Å². The van der Waals surface area contributed by atoms with Crippen LogP contribution < -0.4 is 59.1 Å². The number of hydrogen-bond acceptors (Lipinski definition) is 4. The van der Waals surface area contributed by atoms with Gasteiger partial charge >= 0.3 is 65.1 Å². The van der Waals surface area contributed by atoms with E-state index in [2.05, 4.69) is 0 Å². The molecule has 10 heavy (non-hydrogen) atoms. The van der Waals surface area contributed by atoms with E-state index in [4.69, 9.17) is 10.2 Å². The number of aliphatic carboxylic acids is 1. The molecule has 0 fully saturated rings. The van der Waals surface area contributed by atoms with E-state index in [-0.39, 0.29) is 62.0 Å². The number of carboxylic acids is 1. The van der Waals surface area contributed by atoms with E-state index in [9.17, 15) is 13.6 Å². The molecule has 52 valence electrons. The van der Waals surface area contributed by atoms with E-state index >= 15 is 0 Å². The third kappa shape index (κ3) is 7.64. The zero-order valence-electron chi connectivity index (χ0n) is 7.60. The Morgan fingerprint density at radius 1 is 1.60 bits per heavy atom. The fraction of sp³-hybridized carbons (Fsp3) is 0.500. The molecule has 0 saturated carbocycles. The first kappa shape index (κ1) is 17.6. The third-order valence-corrected chi connectivity index (χ3v) is 0.960. The van der Waals surface area contributed by atoms with Crippen LogP contribution in [-0.2, 0) is 15.9 Å². The Labute approximate surface area is 107 Å². The molecule has 0 amide bonds.